The lowest BCUT2D eigenvalue weighted by Crippen LogP contribution is -2.51. The average molecular weight is 428 g/mol. The van der Waals surface area contributed by atoms with Crippen LogP contribution in [0.25, 0.3) is 10.9 Å². The van der Waals surface area contributed by atoms with Gasteiger partial charge in [-0.2, -0.15) is 0 Å². The van der Waals surface area contributed by atoms with Crippen LogP contribution in [0.2, 0.25) is 5.02 Å². The molecule has 5 rings (SSSR count). The van der Waals surface area contributed by atoms with Gasteiger partial charge in [-0.25, -0.2) is 0 Å². The van der Waals surface area contributed by atoms with Gasteiger partial charge in [0.05, 0.1) is 23.3 Å². The molecule has 0 N–H and O–H groups in total. The van der Waals surface area contributed by atoms with Crippen molar-refractivity contribution < 1.29 is 18.7 Å². The number of amides is 2. The standard InChI is InChI=1S/C22H22ClN3O4/c1-2-14-13-26-17(12-15-16(23)5-6-18(30-14)20(15)26)21(27)24-7-9-25(10-8-24)22(28)19-4-3-11-29-19/h3-6,11-12,14H,2,7-10,13H2,1H3. The maximum Gasteiger partial charge on any atom is 0.289 e. The summed E-state index contributed by atoms with van der Waals surface area (Å²) in [6.45, 7) is 4.58. The highest BCUT2D eigenvalue weighted by Crippen LogP contribution is 2.38. The highest BCUT2D eigenvalue weighted by atomic mass is 35.5. The smallest absolute Gasteiger partial charge is 0.289 e. The van der Waals surface area contributed by atoms with Crippen LogP contribution in [-0.2, 0) is 6.54 Å². The predicted molar refractivity (Wildman–Crippen MR) is 112 cm³/mol. The minimum absolute atomic E-state index is 0.0172. The van der Waals surface area contributed by atoms with Gasteiger partial charge >= 0.3 is 0 Å². The quantitative estimate of drug-likeness (QED) is 0.639. The Hall–Kier alpha value is -2.93. The number of carbonyl (C=O) groups excluding carboxylic acids is 2. The molecule has 2 aliphatic heterocycles. The van der Waals surface area contributed by atoms with Crippen LogP contribution in [-0.4, -0.2) is 58.5 Å². The number of aromatic nitrogens is 1. The summed E-state index contributed by atoms with van der Waals surface area (Å²) >= 11 is 6.41. The van der Waals surface area contributed by atoms with E-state index >= 15 is 0 Å². The van der Waals surface area contributed by atoms with E-state index in [-0.39, 0.29) is 17.9 Å². The van der Waals surface area contributed by atoms with Crippen LogP contribution in [0.3, 0.4) is 0 Å². The van der Waals surface area contributed by atoms with E-state index in [1.807, 2.05) is 22.8 Å². The summed E-state index contributed by atoms with van der Waals surface area (Å²) in [7, 11) is 0. The van der Waals surface area contributed by atoms with Gasteiger partial charge in [-0.15, -0.1) is 0 Å². The zero-order chi connectivity index (χ0) is 20.8. The highest BCUT2D eigenvalue weighted by Gasteiger charge is 2.31. The summed E-state index contributed by atoms with van der Waals surface area (Å²) < 4.78 is 13.3. The maximum absolute atomic E-state index is 13.4. The number of benzene rings is 1. The largest absolute Gasteiger partial charge is 0.486 e. The van der Waals surface area contributed by atoms with Crippen LogP contribution in [0.5, 0.6) is 5.75 Å². The third-order valence-electron chi connectivity index (χ3n) is 5.91. The van der Waals surface area contributed by atoms with E-state index in [1.165, 1.54) is 6.26 Å². The molecule has 2 aromatic heterocycles. The third-order valence-corrected chi connectivity index (χ3v) is 6.24. The van der Waals surface area contributed by atoms with Crippen molar-refractivity contribution in [2.24, 2.45) is 0 Å². The minimum atomic E-state index is -0.144. The van der Waals surface area contributed by atoms with Crippen molar-refractivity contribution in [3.05, 3.63) is 53.1 Å². The Balaban J connectivity index is 1.39. The molecule has 0 aliphatic carbocycles. The number of nitrogens with zero attached hydrogens (tertiary/aromatic N) is 3. The predicted octanol–water partition coefficient (Wildman–Crippen LogP) is 3.66. The molecule has 30 heavy (non-hydrogen) atoms. The van der Waals surface area contributed by atoms with Gasteiger partial charge in [-0.05, 0) is 36.8 Å². The number of ether oxygens (including phenoxy) is 1. The van der Waals surface area contributed by atoms with Crippen LogP contribution in [0.15, 0.2) is 41.0 Å². The lowest BCUT2D eigenvalue weighted by atomic mass is 10.2. The second-order valence-electron chi connectivity index (χ2n) is 7.66. The molecule has 2 amide bonds. The van der Waals surface area contributed by atoms with E-state index in [1.54, 1.807) is 21.9 Å². The Bertz CT molecular complexity index is 1110. The van der Waals surface area contributed by atoms with Crippen molar-refractivity contribution >= 4 is 34.3 Å². The fourth-order valence-electron chi connectivity index (χ4n) is 4.24. The average Bonchev–Trinajstić information content (AvgIpc) is 3.44. The summed E-state index contributed by atoms with van der Waals surface area (Å²) in [5, 5.41) is 1.44. The first-order valence-electron chi connectivity index (χ1n) is 10.2. The number of furan rings is 1. The van der Waals surface area contributed by atoms with Crippen molar-refractivity contribution in [3.8, 4) is 5.75 Å². The Morgan fingerprint density at radius 2 is 1.83 bits per heavy atom. The number of hydrogen-bond donors (Lipinski definition) is 0. The number of rotatable bonds is 3. The number of piperazine rings is 1. The molecule has 1 atom stereocenters. The monoisotopic (exact) mass is 427 g/mol. The van der Waals surface area contributed by atoms with Crippen LogP contribution in [0.1, 0.15) is 34.4 Å². The fraction of sp³-hybridized carbons (Fsp3) is 0.364. The second-order valence-corrected chi connectivity index (χ2v) is 8.06. The zero-order valence-electron chi connectivity index (χ0n) is 16.6. The normalized spacial score (nSPS) is 18.5. The van der Waals surface area contributed by atoms with Gasteiger partial charge in [0.1, 0.15) is 17.5 Å². The van der Waals surface area contributed by atoms with E-state index < -0.39 is 0 Å². The van der Waals surface area contributed by atoms with E-state index in [4.69, 9.17) is 20.8 Å². The molecule has 0 radical (unpaired) electrons. The summed E-state index contributed by atoms with van der Waals surface area (Å²) in [5.74, 6) is 0.898. The van der Waals surface area contributed by atoms with Gasteiger partial charge in [0.2, 0.25) is 0 Å². The van der Waals surface area contributed by atoms with Crippen molar-refractivity contribution in [2.45, 2.75) is 26.0 Å². The molecule has 4 heterocycles. The first-order chi connectivity index (χ1) is 14.6. The van der Waals surface area contributed by atoms with Gasteiger partial charge < -0.3 is 23.5 Å². The molecular formula is C22H22ClN3O4. The van der Waals surface area contributed by atoms with Crippen molar-refractivity contribution in [1.29, 1.82) is 0 Å². The Morgan fingerprint density at radius 1 is 1.10 bits per heavy atom. The third kappa shape index (κ3) is 3.04. The molecule has 0 saturated carbocycles. The highest BCUT2D eigenvalue weighted by molar-refractivity contribution is 6.36. The lowest BCUT2D eigenvalue weighted by Gasteiger charge is -2.35. The summed E-state index contributed by atoms with van der Waals surface area (Å²) in [4.78, 5) is 29.4. The Labute approximate surface area is 178 Å². The van der Waals surface area contributed by atoms with E-state index in [2.05, 4.69) is 6.92 Å². The van der Waals surface area contributed by atoms with Gasteiger partial charge in [-0.1, -0.05) is 18.5 Å². The van der Waals surface area contributed by atoms with Crippen molar-refractivity contribution in [3.63, 3.8) is 0 Å². The Morgan fingerprint density at radius 3 is 2.50 bits per heavy atom. The van der Waals surface area contributed by atoms with Crippen LogP contribution < -0.4 is 4.74 Å². The summed E-state index contributed by atoms with van der Waals surface area (Å²) in [6, 6.07) is 8.91. The molecule has 8 heteroatoms. The SMILES string of the molecule is CCC1Cn2c(C(=O)N3CCN(C(=O)c4ccco4)CC3)cc3c(Cl)ccc(c32)O1. The molecule has 1 saturated heterocycles. The van der Waals surface area contributed by atoms with Gasteiger partial charge in [0, 0.05) is 31.6 Å². The van der Waals surface area contributed by atoms with Crippen molar-refractivity contribution in [2.75, 3.05) is 26.2 Å². The summed E-state index contributed by atoms with van der Waals surface area (Å²) in [5.41, 5.74) is 1.49. The molecule has 156 valence electrons. The topological polar surface area (TPSA) is 67.9 Å². The molecular weight excluding hydrogens is 406 g/mol. The van der Waals surface area contributed by atoms with Crippen LogP contribution in [0, 0.1) is 0 Å². The first-order valence-corrected chi connectivity index (χ1v) is 10.5. The van der Waals surface area contributed by atoms with E-state index in [0.29, 0.717) is 49.2 Å². The number of carbonyl (C=O) groups is 2. The Kier molecular flexibility index (Phi) is 4.70. The first kappa shape index (κ1) is 19.1. The molecule has 7 nitrogen and oxygen atoms in total. The molecule has 1 aromatic carbocycles. The number of halogens is 1. The molecule has 0 bridgehead atoms. The number of hydrogen-bond acceptors (Lipinski definition) is 4. The van der Waals surface area contributed by atoms with Crippen molar-refractivity contribution in [1.82, 2.24) is 14.4 Å². The van der Waals surface area contributed by atoms with Gasteiger partial charge in [0.25, 0.3) is 11.8 Å². The molecule has 0 spiro atoms. The molecule has 2 aliphatic rings. The van der Waals surface area contributed by atoms with Gasteiger partial charge in [-0.3, -0.25) is 9.59 Å². The van der Waals surface area contributed by atoms with Crippen LogP contribution in [0.4, 0.5) is 0 Å². The minimum Gasteiger partial charge on any atom is -0.486 e. The maximum atomic E-state index is 13.4. The molecule has 3 aromatic rings. The zero-order valence-corrected chi connectivity index (χ0v) is 17.4. The van der Waals surface area contributed by atoms with E-state index in [0.717, 1.165) is 23.1 Å². The lowest BCUT2D eigenvalue weighted by molar-refractivity contribution is 0.0510. The summed E-state index contributed by atoms with van der Waals surface area (Å²) in [6.07, 6.45) is 2.36. The molecule has 1 unspecified atom stereocenters. The fourth-order valence-corrected chi connectivity index (χ4v) is 4.45. The molecule has 1 fully saturated rings. The van der Waals surface area contributed by atoms with E-state index in [9.17, 15) is 9.59 Å². The second kappa shape index (κ2) is 7.40. The van der Waals surface area contributed by atoms with Gasteiger partial charge in [0.15, 0.2) is 5.76 Å². The van der Waals surface area contributed by atoms with Crippen LogP contribution >= 0.6 is 11.6 Å².